The number of hydrogen-bond acceptors (Lipinski definition) is 14. The average molecular weight is 778 g/mol. The van der Waals surface area contributed by atoms with Gasteiger partial charge in [-0.3, -0.25) is 18.2 Å². The van der Waals surface area contributed by atoms with Crippen molar-refractivity contribution >= 4 is 90.5 Å². The standard InChI is InChI=1S/C29H23N5O13S4/c1-15(2)30-24-11-12-25(50(42,43)44)21-14-26(51(45,46)47)28(29(35)27(21)24)34-33-23-10-9-22(19-8-7-18(13-20(19)23)49(39,40)41)32-31-16-3-5-17(6-4-16)48(36,37)38/h3-14,30,35H,1H2,2H3,(H,36,37,38)(H,39,40,41)(H,42,43,44)(H,45,46,47). The molecule has 51 heavy (non-hydrogen) atoms. The summed E-state index contributed by atoms with van der Waals surface area (Å²) in [6.07, 6.45) is 0. The molecule has 6 N–H and O–H groups in total. The summed E-state index contributed by atoms with van der Waals surface area (Å²) < 4.78 is 135. The zero-order valence-corrected chi connectivity index (χ0v) is 28.8. The molecular formula is C29H23N5O13S4. The monoisotopic (exact) mass is 777 g/mol. The molecule has 0 radical (unpaired) electrons. The summed E-state index contributed by atoms with van der Waals surface area (Å²) in [4.78, 5) is -2.93. The molecule has 5 aromatic carbocycles. The molecule has 0 aliphatic carbocycles. The lowest BCUT2D eigenvalue weighted by Crippen LogP contribution is -2.04. The van der Waals surface area contributed by atoms with Crippen molar-refractivity contribution in [1.82, 2.24) is 0 Å². The van der Waals surface area contributed by atoms with Gasteiger partial charge in [-0.25, -0.2) is 0 Å². The van der Waals surface area contributed by atoms with Crippen LogP contribution in [0, 0.1) is 0 Å². The Morgan fingerprint density at radius 3 is 1.69 bits per heavy atom. The zero-order chi connectivity index (χ0) is 37.7. The van der Waals surface area contributed by atoms with E-state index in [9.17, 15) is 57.0 Å². The van der Waals surface area contributed by atoms with E-state index in [2.05, 4.69) is 32.4 Å². The van der Waals surface area contributed by atoms with Crippen LogP contribution in [0.5, 0.6) is 5.75 Å². The third-order valence-electron chi connectivity index (χ3n) is 6.98. The molecule has 5 aromatic rings. The summed E-state index contributed by atoms with van der Waals surface area (Å²) in [6, 6.07) is 13.2. The number of azo groups is 2. The molecule has 266 valence electrons. The predicted octanol–water partition coefficient (Wildman–Crippen LogP) is 6.46. The number of phenolic OH excluding ortho intramolecular Hbond substituents is 1. The molecule has 0 aliphatic rings. The predicted molar refractivity (Wildman–Crippen MR) is 182 cm³/mol. The highest BCUT2D eigenvalue weighted by Gasteiger charge is 2.27. The van der Waals surface area contributed by atoms with E-state index in [1.54, 1.807) is 0 Å². The molecular weight excluding hydrogens is 755 g/mol. The lowest BCUT2D eigenvalue weighted by molar-refractivity contribution is 0.471. The molecule has 0 fully saturated rings. The first-order chi connectivity index (χ1) is 23.6. The van der Waals surface area contributed by atoms with Gasteiger partial charge in [0, 0.05) is 21.9 Å². The number of rotatable bonds is 10. The lowest BCUT2D eigenvalue weighted by atomic mass is 10.1. The zero-order valence-electron chi connectivity index (χ0n) is 25.6. The Balaban J connectivity index is 1.74. The van der Waals surface area contributed by atoms with Gasteiger partial charge in [-0.2, -0.15) is 38.8 Å². The number of nitrogens with one attached hydrogen (secondary N) is 1. The quantitative estimate of drug-likeness (QED) is 0.0655. The Bertz CT molecular complexity index is 2800. The van der Waals surface area contributed by atoms with Crippen molar-refractivity contribution in [3.05, 3.63) is 85.1 Å². The molecule has 0 bridgehead atoms. The van der Waals surface area contributed by atoms with Crippen molar-refractivity contribution in [3.63, 3.8) is 0 Å². The summed E-state index contributed by atoms with van der Waals surface area (Å²) in [7, 11) is -19.5. The van der Waals surface area contributed by atoms with E-state index in [1.165, 1.54) is 37.3 Å². The number of allylic oxidation sites excluding steroid dienone is 1. The van der Waals surface area contributed by atoms with Gasteiger partial charge in [-0.05, 0) is 73.7 Å². The van der Waals surface area contributed by atoms with Gasteiger partial charge >= 0.3 is 0 Å². The van der Waals surface area contributed by atoms with Gasteiger partial charge < -0.3 is 10.4 Å². The van der Waals surface area contributed by atoms with E-state index in [4.69, 9.17) is 0 Å². The second-order valence-corrected chi connectivity index (χ2v) is 16.2. The van der Waals surface area contributed by atoms with Crippen LogP contribution in [-0.4, -0.2) is 57.0 Å². The van der Waals surface area contributed by atoms with Crippen LogP contribution in [0.2, 0.25) is 0 Å². The Hall–Kier alpha value is -5.20. The normalized spacial score (nSPS) is 13.0. The molecule has 22 heteroatoms. The maximum Gasteiger partial charge on any atom is 0.296 e. The Morgan fingerprint density at radius 1 is 0.588 bits per heavy atom. The Kier molecular flexibility index (Phi) is 9.57. The van der Waals surface area contributed by atoms with Crippen molar-refractivity contribution in [3.8, 4) is 5.75 Å². The second-order valence-electron chi connectivity index (χ2n) is 10.6. The van der Waals surface area contributed by atoms with Crippen LogP contribution in [0.4, 0.5) is 28.4 Å². The molecule has 0 atom stereocenters. The fraction of sp³-hybridized carbons (Fsp3) is 0.0345. The van der Waals surface area contributed by atoms with Crippen LogP contribution in [0.15, 0.2) is 125 Å². The van der Waals surface area contributed by atoms with E-state index >= 15 is 0 Å². The molecule has 0 aromatic heterocycles. The third-order valence-corrected chi connectivity index (χ3v) is 10.5. The van der Waals surface area contributed by atoms with Gasteiger partial charge in [-0.1, -0.05) is 12.6 Å². The van der Waals surface area contributed by atoms with Crippen LogP contribution < -0.4 is 5.32 Å². The van der Waals surface area contributed by atoms with Gasteiger partial charge in [-0.15, -0.1) is 15.3 Å². The van der Waals surface area contributed by atoms with Crippen LogP contribution in [0.1, 0.15) is 6.92 Å². The van der Waals surface area contributed by atoms with Crippen molar-refractivity contribution < 1.29 is 57.0 Å². The van der Waals surface area contributed by atoms with E-state index in [1.807, 2.05) is 0 Å². The molecule has 18 nitrogen and oxygen atoms in total. The smallest absolute Gasteiger partial charge is 0.296 e. The first kappa shape index (κ1) is 37.1. The maximum atomic E-state index is 12.5. The van der Waals surface area contributed by atoms with Gasteiger partial charge in [0.15, 0.2) is 5.75 Å². The minimum atomic E-state index is -5.29. The number of hydrogen-bond donors (Lipinski definition) is 6. The highest BCUT2D eigenvalue weighted by molar-refractivity contribution is 7.86. The minimum absolute atomic E-state index is 0.00804. The molecule has 0 saturated carbocycles. The largest absolute Gasteiger partial charge is 0.505 e. The van der Waals surface area contributed by atoms with Crippen LogP contribution in [0.25, 0.3) is 21.5 Å². The molecule has 0 unspecified atom stereocenters. The van der Waals surface area contributed by atoms with Gasteiger partial charge in [0.2, 0.25) is 0 Å². The first-order valence-corrected chi connectivity index (χ1v) is 19.5. The fourth-order valence-electron chi connectivity index (χ4n) is 4.82. The lowest BCUT2D eigenvalue weighted by Gasteiger charge is -2.16. The van der Waals surface area contributed by atoms with E-state index in [0.29, 0.717) is 11.8 Å². The summed E-state index contributed by atoms with van der Waals surface area (Å²) in [6.45, 7) is 5.19. The molecule has 0 heterocycles. The van der Waals surface area contributed by atoms with Crippen molar-refractivity contribution in [2.45, 2.75) is 26.5 Å². The summed E-state index contributed by atoms with van der Waals surface area (Å²) in [5, 5.41) is 29.2. The fourth-order valence-corrected chi connectivity index (χ4v) is 7.13. The van der Waals surface area contributed by atoms with E-state index < -0.39 is 76.9 Å². The van der Waals surface area contributed by atoms with Crippen molar-refractivity contribution in [2.75, 3.05) is 5.32 Å². The number of aromatic hydroxyl groups is 1. The number of anilines is 1. The van der Waals surface area contributed by atoms with E-state index in [-0.39, 0.29) is 38.9 Å². The number of phenols is 1. The summed E-state index contributed by atoms with van der Waals surface area (Å²) >= 11 is 0. The van der Waals surface area contributed by atoms with Crippen LogP contribution >= 0.6 is 0 Å². The average Bonchev–Trinajstić information content (AvgIpc) is 3.01. The third kappa shape index (κ3) is 7.92. The molecule has 0 aliphatic heterocycles. The maximum absolute atomic E-state index is 12.5. The Morgan fingerprint density at radius 2 is 1.14 bits per heavy atom. The number of fused-ring (bicyclic) bond motifs is 2. The van der Waals surface area contributed by atoms with Crippen molar-refractivity contribution in [1.29, 1.82) is 0 Å². The van der Waals surface area contributed by atoms with Gasteiger partial charge in [0.25, 0.3) is 40.5 Å². The molecule has 5 rings (SSSR count). The second kappa shape index (κ2) is 13.2. The SMILES string of the molecule is C=C(C)Nc1ccc(S(=O)(=O)O)c2cc(S(=O)(=O)O)c(N=Nc3ccc(N=Nc4ccc(S(=O)(=O)O)cc4)c4ccc(S(=O)(=O)O)cc34)c(O)c12. The topological polar surface area (TPSA) is 299 Å². The van der Waals surface area contributed by atoms with Gasteiger partial charge in [0.05, 0.1) is 37.9 Å². The summed E-state index contributed by atoms with van der Waals surface area (Å²) in [5.41, 5.74) is -0.559. The minimum Gasteiger partial charge on any atom is -0.505 e. The number of benzene rings is 5. The van der Waals surface area contributed by atoms with E-state index in [0.717, 1.165) is 36.4 Å². The highest BCUT2D eigenvalue weighted by Crippen LogP contribution is 2.47. The Labute approximate surface area is 289 Å². The number of nitrogens with zero attached hydrogens (tertiary/aromatic N) is 4. The van der Waals surface area contributed by atoms with Gasteiger partial charge in [0.1, 0.15) is 15.5 Å². The van der Waals surface area contributed by atoms with Crippen molar-refractivity contribution in [2.24, 2.45) is 20.5 Å². The van der Waals surface area contributed by atoms with Crippen LogP contribution in [-0.2, 0) is 40.5 Å². The first-order valence-electron chi connectivity index (χ1n) is 13.7. The molecule has 0 saturated heterocycles. The van der Waals surface area contributed by atoms with Crippen LogP contribution in [0.3, 0.4) is 0 Å². The summed E-state index contributed by atoms with van der Waals surface area (Å²) in [5.74, 6) is -1.01. The molecule has 0 spiro atoms. The highest BCUT2D eigenvalue weighted by atomic mass is 32.2. The molecule has 0 amide bonds.